The molecule has 108 valence electrons. The highest BCUT2D eigenvalue weighted by atomic mass is 15.1. The average molecular weight is 262 g/mol. The second-order valence-corrected chi connectivity index (χ2v) is 6.34. The Morgan fingerprint density at radius 3 is 2.42 bits per heavy atom. The minimum Gasteiger partial charge on any atom is -0.374 e. The fourth-order valence-electron chi connectivity index (χ4n) is 2.39. The van der Waals surface area contributed by atoms with E-state index < -0.39 is 0 Å². The van der Waals surface area contributed by atoms with E-state index in [1.807, 2.05) is 0 Å². The monoisotopic (exact) mass is 262 g/mol. The second kappa shape index (κ2) is 6.95. The van der Waals surface area contributed by atoms with Gasteiger partial charge in [0.15, 0.2) is 0 Å². The Bertz CT molecular complexity index is 387. The summed E-state index contributed by atoms with van der Waals surface area (Å²) >= 11 is 0. The van der Waals surface area contributed by atoms with Gasteiger partial charge in [0.1, 0.15) is 0 Å². The lowest BCUT2D eigenvalue weighted by Gasteiger charge is -2.35. The minimum absolute atomic E-state index is 0.307. The van der Waals surface area contributed by atoms with Gasteiger partial charge in [0.2, 0.25) is 0 Å². The van der Waals surface area contributed by atoms with Gasteiger partial charge in [-0.05, 0) is 30.4 Å². The van der Waals surface area contributed by atoms with Gasteiger partial charge in [0, 0.05) is 31.9 Å². The summed E-state index contributed by atoms with van der Waals surface area (Å²) in [5.41, 5.74) is 2.99. The van der Waals surface area contributed by atoms with Gasteiger partial charge in [-0.15, -0.1) is 0 Å². The van der Waals surface area contributed by atoms with Crippen molar-refractivity contribution in [2.45, 2.75) is 47.1 Å². The molecular weight excluding hydrogens is 232 g/mol. The zero-order chi connectivity index (χ0) is 14.5. The third-order valence-electron chi connectivity index (χ3n) is 3.94. The third kappa shape index (κ3) is 4.87. The van der Waals surface area contributed by atoms with E-state index in [4.69, 9.17) is 0 Å². The summed E-state index contributed by atoms with van der Waals surface area (Å²) in [5.74, 6) is 0. The van der Waals surface area contributed by atoms with Crippen molar-refractivity contribution in [3.63, 3.8) is 0 Å². The Morgan fingerprint density at radius 1 is 1.26 bits per heavy atom. The number of rotatable bonds is 7. The minimum atomic E-state index is 0.307. The number of aryl methyl sites for hydroxylation is 1. The van der Waals surface area contributed by atoms with E-state index in [0.29, 0.717) is 11.5 Å². The molecule has 1 aromatic carbocycles. The average Bonchev–Trinajstić information content (AvgIpc) is 2.37. The Balaban J connectivity index is 2.72. The quantitative estimate of drug-likeness (QED) is 0.803. The largest absolute Gasteiger partial charge is 0.374 e. The van der Waals surface area contributed by atoms with Gasteiger partial charge in [0.25, 0.3) is 0 Å². The molecule has 0 amide bonds. The van der Waals surface area contributed by atoms with Crippen LogP contribution < -0.4 is 10.2 Å². The van der Waals surface area contributed by atoms with Crippen molar-refractivity contribution in [1.29, 1.82) is 0 Å². The van der Waals surface area contributed by atoms with Gasteiger partial charge in [-0.1, -0.05) is 45.9 Å². The van der Waals surface area contributed by atoms with Gasteiger partial charge in [-0.25, -0.2) is 0 Å². The number of para-hydroxylation sites is 1. The second-order valence-electron chi connectivity index (χ2n) is 6.34. The molecule has 1 unspecified atom stereocenters. The zero-order valence-electron chi connectivity index (χ0n) is 13.5. The molecule has 0 saturated heterocycles. The summed E-state index contributed by atoms with van der Waals surface area (Å²) < 4.78 is 0. The molecule has 2 nitrogen and oxygen atoms in total. The van der Waals surface area contributed by atoms with Crippen LogP contribution in [0.1, 0.15) is 39.7 Å². The lowest BCUT2D eigenvalue weighted by molar-refractivity contribution is 0.289. The summed E-state index contributed by atoms with van der Waals surface area (Å²) in [6.45, 7) is 13.4. The highest BCUT2D eigenvalue weighted by Gasteiger charge is 2.24. The predicted octanol–water partition coefficient (Wildman–Crippen LogP) is 3.85. The van der Waals surface area contributed by atoms with Crippen LogP contribution in [0.25, 0.3) is 0 Å². The van der Waals surface area contributed by atoms with Crippen LogP contribution in [-0.2, 0) is 0 Å². The molecule has 0 spiro atoms. The van der Waals surface area contributed by atoms with E-state index in [1.165, 1.54) is 17.7 Å². The van der Waals surface area contributed by atoms with Crippen LogP contribution in [0.5, 0.6) is 0 Å². The molecule has 1 aromatic rings. The fraction of sp³-hybridized carbons (Fsp3) is 0.647. The first kappa shape index (κ1) is 16.0. The SMILES string of the molecule is CCC(C)(CNC(C)C)CN(C)c1ccccc1C. The van der Waals surface area contributed by atoms with E-state index in [-0.39, 0.29) is 0 Å². The smallest absolute Gasteiger partial charge is 0.0393 e. The van der Waals surface area contributed by atoms with Gasteiger partial charge in [-0.3, -0.25) is 0 Å². The third-order valence-corrected chi connectivity index (χ3v) is 3.94. The molecule has 0 saturated carbocycles. The molecule has 0 heterocycles. The molecule has 0 bridgehead atoms. The van der Waals surface area contributed by atoms with Crippen molar-refractivity contribution in [2.24, 2.45) is 5.41 Å². The Hall–Kier alpha value is -1.02. The predicted molar refractivity (Wildman–Crippen MR) is 86.0 cm³/mol. The molecule has 19 heavy (non-hydrogen) atoms. The summed E-state index contributed by atoms with van der Waals surface area (Å²) in [4.78, 5) is 2.39. The van der Waals surface area contributed by atoms with Crippen molar-refractivity contribution in [3.8, 4) is 0 Å². The van der Waals surface area contributed by atoms with Crippen LogP contribution in [0, 0.1) is 12.3 Å². The van der Waals surface area contributed by atoms with Crippen LogP contribution in [0.2, 0.25) is 0 Å². The number of nitrogens with one attached hydrogen (secondary N) is 1. The first-order valence-electron chi connectivity index (χ1n) is 7.38. The van der Waals surface area contributed by atoms with Crippen LogP contribution in [0.4, 0.5) is 5.69 Å². The molecule has 0 aliphatic carbocycles. The van der Waals surface area contributed by atoms with E-state index in [2.05, 4.69) is 76.1 Å². The van der Waals surface area contributed by atoms with Gasteiger partial charge in [0.05, 0.1) is 0 Å². The molecule has 0 aliphatic heterocycles. The van der Waals surface area contributed by atoms with Crippen LogP contribution in [-0.4, -0.2) is 26.2 Å². The number of hydrogen-bond donors (Lipinski definition) is 1. The first-order valence-corrected chi connectivity index (χ1v) is 7.38. The summed E-state index contributed by atoms with van der Waals surface area (Å²) in [6, 6.07) is 9.16. The van der Waals surface area contributed by atoms with Gasteiger partial charge in [-0.2, -0.15) is 0 Å². The fourth-order valence-corrected chi connectivity index (χ4v) is 2.39. The highest BCUT2D eigenvalue weighted by molar-refractivity contribution is 5.52. The van der Waals surface area contributed by atoms with Crippen LogP contribution in [0.3, 0.4) is 0 Å². The molecule has 0 aromatic heterocycles. The number of nitrogens with zero attached hydrogens (tertiary/aromatic N) is 1. The van der Waals surface area contributed by atoms with Crippen LogP contribution in [0.15, 0.2) is 24.3 Å². The Morgan fingerprint density at radius 2 is 1.89 bits per heavy atom. The van der Waals surface area contributed by atoms with E-state index in [9.17, 15) is 0 Å². The van der Waals surface area contributed by atoms with E-state index >= 15 is 0 Å². The molecular formula is C17H30N2. The van der Waals surface area contributed by atoms with Crippen molar-refractivity contribution >= 4 is 5.69 Å². The topological polar surface area (TPSA) is 15.3 Å². The number of benzene rings is 1. The standard InChI is InChI=1S/C17H30N2/c1-7-17(5,12-18-14(2)3)13-19(6)16-11-9-8-10-15(16)4/h8-11,14,18H,7,12-13H2,1-6H3. The Labute approximate surface area is 119 Å². The van der Waals surface area contributed by atoms with Crippen molar-refractivity contribution in [2.75, 3.05) is 25.0 Å². The van der Waals surface area contributed by atoms with E-state index in [0.717, 1.165) is 13.1 Å². The summed E-state index contributed by atoms with van der Waals surface area (Å²) in [5, 5.41) is 3.58. The molecule has 1 N–H and O–H groups in total. The highest BCUT2D eigenvalue weighted by Crippen LogP contribution is 2.26. The number of hydrogen-bond acceptors (Lipinski definition) is 2. The maximum Gasteiger partial charge on any atom is 0.0393 e. The molecule has 0 aliphatic rings. The lowest BCUT2D eigenvalue weighted by Crippen LogP contribution is -2.42. The van der Waals surface area contributed by atoms with Gasteiger partial charge >= 0.3 is 0 Å². The zero-order valence-corrected chi connectivity index (χ0v) is 13.5. The molecule has 1 atom stereocenters. The van der Waals surface area contributed by atoms with Gasteiger partial charge < -0.3 is 10.2 Å². The van der Waals surface area contributed by atoms with Crippen molar-refractivity contribution in [3.05, 3.63) is 29.8 Å². The van der Waals surface area contributed by atoms with E-state index in [1.54, 1.807) is 0 Å². The van der Waals surface area contributed by atoms with Crippen LogP contribution >= 0.6 is 0 Å². The lowest BCUT2D eigenvalue weighted by atomic mass is 9.86. The van der Waals surface area contributed by atoms with Crippen molar-refractivity contribution < 1.29 is 0 Å². The van der Waals surface area contributed by atoms with Crippen molar-refractivity contribution in [1.82, 2.24) is 5.32 Å². The molecule has 0 radical (unpaired) electrons. The maximum absolute atomic E-state index is 3.58. The Kier molecular flexibility index (Phi) is 5.86. The first-order chi connectivity index (χ1) is 8.88. The molecule has 0 fully saturated rings. The summed E-state index contributed by atoms with van der Waals surface area (Å²) in [7, 11) is 2.20. The molecule has 1 rings (SSSR count). The maximum atomic E-state index is 3.58. The summed E-state index contributed by atoms with van der Waals surface area (Å²) in [6.07, 6.45) is 1.18. The molecule has 2 heteroatoms. The number of anilines is 1. The normalized spacial score (nSPS) is 14.5.